The van der Waals surface area contributed by atoms with Crippen molar-refractivity contribution < 1.29 is 9.90 Å². The van der Waals surface area contributed by atoms with Gasteiger partial charge in [-0.3, -0.25) is 0 Å². The number of likely N-dealkylation sites (N-methyl/N-ethyl adjacent to an activating group) is 1. The van der Waals surface area contributed by atoms with Crippen molar-refractivity contribution in [3.8, 4) is 0 Å². The van der Waals surface area contributed by atoms with Crippen LogP contribution >= 0.6 is 11.6 Å². The molecule has 0 spiro atoms. The summed E-state index contributed by atoms with van der Waals surface area (Å²) in [6.07, 6.45) is 2.64. The van der Waals surface area contributed by atoms with Gasteiger partial charge in [0.05, 0.1) is 10.7 Å². The van der Waals surface area contributed by atoms with Gasteiger partial charge in [-0.25, -0.2) is 4.79 Å². The molecule has 0 aliphatic carbocycles. The summed E-state index contributed by atoms with van der Waals surface area (Å²) in [6.45, 7) is 6.45. The number of benzene rings is 1. The van der Waals surface area contributed by atoms with Gasteiger partial charge in [-0.2, -0.15) is 0 Å². The van der Waals surface area contributed by atoms with Gasteiger partial charge in [-0.05, 0) is 24.6 Å². The minimum absolute atomic E-state index is 0.589. The summed E-state index contributed by atoms with van der Waals surface area (Å²) >= 11 is 6.17. The number of carboxylic acid groups (broad SMARTS) is 1. The molecule has 96 valence electrons. The second kappa shape index (κ2) is 6.26. The van der Waals surface area contributed by atoms with E-state index in [9.17, 15) is 4.79 Å². The highest BCUT2D eigenvalue weighted by atomic mass is 35.5. The molecule has 18 heavy (non-hydrogen) atoms. The second-order valence-electron chi connectivity index (χ2n) is 4.16. The van der Waals surface area contributed by atoms with E-state index >= 15 is 0 Å². The van der Waals surface area contributed by atoms with E-state index in [1.165, 1.54) is 0 Å². The Balaban J connectivity index is 3.15. The fraction of sp³-hybridized carbons (Fsp3) is 0.214. The Labute approximate surface area is 112 Å². The van der Waals surface area contributed by atoms with Crippen LogP contribution in [0, 0.1) is 0 Å². The number of aliphatic carboxylic acids is 1. The average molecular weight is 266 g/mol. The molecule has 0 radical (unpaired) electrons. The monoisotopic (exact) mass is 265 g/mol. The molecule has 4 heteroatoms. The first kappa shape index (κ1) is 14.3. The zero-order chi connectivity index (χ0) is 13.7. The predicted octanol–water partition coefficient (Wildman–Crippen LogP) is 3.45. The van der Waals surface area contributed by atoms with E-state index < -0.39 is 5.97 Å². The Morgan fingerprint density at radius 1 is 1.56 bits per heavy atom. The number of nitrogens with zero attached hydrogens (tertiary/aromatic N) is 1. The maximum atomic E-state index is 10.6. The Bertz CT molecular complexity index is 495. The molecule has 0 atom stereocenters. The molecule has 0 aromatic heterocycles. The van der Waals surface area contributed by atoms with Gasteiger partial charge >= 0.3 is 5.97 Å². The number of anilines is 1. The van der Waals surface area contributed by atoms with E-state index in [1.807, 2.05) is 24.9 Å². The normalized spacial score (nSPS) is 10.6. The van der Waals surface area contributed by atoms with Gasteiger partial charge in [0.2, 0.25) is 0 Å². The third-order valence-electron chi connectivity index (χ3n) is 2.31. The molecule has 1 aromatic carbocycles. The van der Waals surface area contributed by atoms with Gasteiger partial charge in [0.25, 0.3) is 0 Å². The number of para-hydroxylation sites is 1. The number of halogens is 1. The topological polar surface area (TPSA) is 40.5 Å². The van der Waals surface area contributed by atoms with Crippen LogP contribution in [-0.4, -0.2) is 24.7 Å². The van der Waals surface area contributed by atoms with Gasteiger partial charge in [0.15, 0.2) is 0 Å². The summed E-state index contributed by atoms with van der Waals surface area (Å²) in [5, 5.41) is 9.26. The summed E-state index contributed by atoms with van der Waals surface area (Å²) < 4.78 is 0. The summed E-state index contributed by atoms with van der Waals surface area (Å²) in [5.41, 5.74) is 2.58. The van der Waals surface area contributed by atoms with Gasteiger partial charge in [0.1, 0.15) is 0 Å². The molecule has 0 amide bonds. The lowest BCUT2D eigenvalue weighted by Crippen LogP contribution is -2.20. The third kappa shape index (κ3) is 3.93. The lowest BCUT2D eigenvalue weighted by molar-refractivity contribution is -0.131. The number of rotatable bonds is 5. The Kier molecular flexibility index (Phi) is 4.98. The van der Waals surface area contributed by atoms with E-state index in [4.69, 9.17) is 16.7 Å². The first-order valence-corrected chi connectivity index (χ1v) is 5.84. The average Bonchev–Trinajstić information content (AvgIpc) is 2.24. The smallest absolute Gasteiger partial charge is 0.328 e. The number of carbonyl (C=O) groups is 1. The zero-order valence-corrected chi connectivity index (χ0v) is 11.2. The minimum Gasteiger partial charge on any atom is -0.478 e. The van der Waals surface area contributed by atoms with Crippen LogP contribution in [0.4, 0.5) is 5.69 Å². The van der Waals surface area contributed by atoms with Crippen LogP contribution in [0.5, 0.6) is 0 Å². The van der Waals surface area contributed by atoms with Gasteiger partial charge < -0.3 is 10.0 Å². The molecule has 1 rings (SSSR count). The molecular weight excluding hydrogens is 250 g/mol. The van der Waals surface area contributed by atoms with Crippen molar-refractivity contribution >= 4 is 29.3 Å². The molecular formula is C14H16ClNO2. The van der Waals surface area contributed by atoms with Crippen molar-refractivity contribution in [2.24, 2.45) is 0 Å². The minimum atomic E-state index is -0.983. The van der Waals surface area contributed by atoms with Gasteiger partial charge in [-0.1, -0.05) is 35.9 Å². The summed E-state index contributed by atoms with van der Waals surface area (Å²) in [7, 11) is 1.90. The molecule has 0 saturated heterocycles. The van der Waals surface area contributed by atoms with Crippen LogP contribution in [0.2, 0.25) is 5.02 Å². The van der Waals surface area contributed by atoms with Crippen molar-refractivity contribution in [3.05, 3.63) is 47.0 Å². The fourth-order valence-corrected chi connectivity index (χ4v) is 2.04. The van der Waals surface area contributed by atoms with E-state index in [1.54, 1.807) is 18.2 Å². The van der Waals surface area contributed by atoms with Crippen molar-refractivity contribution in [2.45, 2.75) is 6.92 Å². The highest BCUT2D eigenvalue weighted by Gasteiger charge is 2.10. The standard InChI is InChI=1S/C14H16ClNO2/c1-10(2)9-16(3)14-11(7-8-13(17)18)5-4-6-12(14)15/h4-8H,1,9H2,2-3H3,(H,17,18)/b8-7+. The second-order valence-corrected chi connectivity index (χ2v) is 4.57. The van der Waals surface area contributed by atoms with Crippen molar-refractivity contribution in [1.82, 2.24) is 0 Å². The number of hydrogen-bond acceptors (Lipinski definition) is 2. The highest BCUT2D eigenvalue weighted by Crippen LogP contribution is 2.30. The molecule has 1 N–H and O–H groups in total. The molecule has 0 unspecified atom stereocenters. The van der Waals surface area contributed by atoms with Crippen molar-refractivity contribution in [3.63, 3.8) is 0 Å². The molecule has 0 heterocycles. The lowest BCUT2D eigenvalue weighted by atomic mass is 10.1. The molecule has 0 aliphatic rings. The molecule has 0 aliphatic heterocycles. The van der Waals surface area contributed by atoms with Crippen LogP contribution in [0.1, 0.15) is 12.5 Å². The molecule has 0 fully saturated rings. The largest absolute Gasteiger partial charge is 0.478 e. The molecule has 0 saturated carbocycles. The van der Waals surface area contributed by atoms with Crippen LogP contribution in [0.3, 0.4) is 0 Å². The summed E-state index contributed by atoms with van der Waals surface area (Å²) in [4.78, 5) is 12.5. The molecule has 0 bridgehead atoms. The molecule has 1 aromatic rings. The first-order valence-electron chi connectivity index (χ1n) is 5.47. The lowest BCUT2D eigenvalue weighted by Gasteiger charge is -2.22. The van der Waals surface area contributed by atoms with Crippen LogP contribution in [0.25, 0.3) is 6.08 Å². The van der Waals surface area contributed by atoms with Crippen molar-refractivity contribution in [2.75, 3.05) is 18.5 Å². The maximum absolute atomic E-state index is 10.6. The van der Waals surface area contributed by atoms with E-state index in [0.29, 0.717) is 11.6 Å². The van der Waals surface area contributed by atoms with E-state index in [-0.39, 0.29) is 0 Å². The number of hydrogen-bond donors (Lipinski definition) is 1. The quantitative estimate of drug-likeness (QED) is 0.655. The van der Waals surface area contributed by atoms with Crippen LogP contribution < -0.4 is 4.90 Å². The fourth-order valence-electron chi connectivity index (χ4n) is 1.71. The zero-order valence-electron chi connectivity index (χ0n) is 10.5. The highest BCUT2D eigenvalue weighted by molar-refractivity contribution is 6.33. The van der Waals surface area contributed by atoms with Crippen LogP contribution in [-0.2, 0) is 4.79 Å². The van der Waals surface area contributed by atoms with Crippen molar-refractivity contribution in [1.29, 1.82) is 0 Å². The predicted molar refractivity (Wildman–Crippen MR) is 76.2 cm³/mol. The van der Waals surface area contributed by atoms with E-state index in [2.05, 4.69) is 6.58 Å². The summed E-state index contributed by atoms with van der Waals surface area (Å²) in [5.74, 6) is -0.983. The number of carboxylic acids is 1. The maximum Gasteiger partial charge on any atom is 0.328 e. The third-order valence-corrected chi connectivity index (χ3v) is 2.62. The van der Waals surface area contributed by atoms with Gasteiger partial charge in [-0.15, -0.1) is 0 Å². The molecule has 3 nitrogen and oxygen atoms in total. The Hall–Kier alpha value is -1.74. The first-order chi connectivity index (χ1) is 8.41. The summed E-state index contributed by atoms with van der Waals surface area (Å²) in [6, 6.07) is 5.40. The Morgan fingerprint density at radius 3 is 2.78 bits per heavy atom. The van der Waals surface area contributed by atoms with Gasteiger partial charge in [0, 0.05) is 19.7 Å². The SMILES string of the molecule is C=C(C)CN(C)c1c(Cl)cccc1/C=C/C(=O)O. The Morgan fingerprint density at radius 2 is 2.22 bits per heavy atom. The van der Waals surface area contributed by atoms with Crippen LogP contribution in [0.15, 0.2) is 36.4 Å². The van der Waals surface area contributed by atoms with E-state index in [0.717, 1.165) is 22.9 Å².